The molecule has 14 heavy (non-hydrogen) atoms. The van der Waals surface area contributed by atoms with E-state index in [1.165, 1.54) is 0 Å². The molecule has 0 spiro atoms. The fourth-order valence-electron chi connectivity index (χ4n) is 1.30. The van der Waals surface area contributed by atoms with E-state index in [1.807, 2.05) is 19.9 Å². The van der Waals surface area contributed by atoms with Gasteiger partial charge in [-0.1, -0.05) is 19.9 Å². The van der Waals surface area contributed by atoms with Gasteiger partial charge in [-0.15, -0.1) is 5.23 Å². The third-order valence-corrected chi connectivity index (χ3v) is 2.07. The lowest BCUT2D eigenvalue weighted by Gasteiger charge is -2.14. The second-order valence-electron chi connectivity index (χ2n) is 3.37. The summed E-state index contributed by atoms with van der Waals surface area (Å²) in [5.74, 6) is 0.996. The Labute approximate surface area is 83.3 Å². The van der Waals surface area contributed by atoms with Gasteiger partial charge in [0.15, 0.2) is 0 Å². The first-order valence-electron chi connectivity index (χ1n) is 4.42. The number of anilines is 1. The quantitative estimate of drug-likeness (QED) is 0.730. The highest BCUT2D eigenvalue weighted by molar-refractivity contribution is 5.51. The molecule has 0 aromatic heterocycles. The zero-order chi connectivity index (χ0) is 10.7. The molecule has 0 bridgehead atoms. The van der Waals surface area contributed by atoms with Crippen LogP contribution < -0.4 is 9.96 Å². The summed E-state index contributed by atoms with van der Waals surface area (Å²) >= 11 is 0. The van der Waals surface area contributed by atoms with Crippen molar-refractivity contribution < 1.29 is 15.2 Å². The average molecular weight is 197 g/mol. The molecule has 4 heteroatoms. The Balaban J connectivity index is 3.11. The first-order chi connectivity index (χ1) is 6.56. The van der Waals surface area contributed by atoms with Crippen LogP contribution in [0.1, 0.15) is 25.3 Å². The highest BCUT2D eigenvalue weighted by Gasteiger charge is 2.09. The molecule has 0 amide bonds. The van der Waals surface area contributed by atoms with Gasteiger partial charge in [-0.2, -0.15) is 0 Å². The molecule has 0 saturated heterocycles. The Morgan fingerprint density at radius 2 is 1.93 bits per heavy atom. The number of hydrogen-bond acceptors (Lipinski definition) is 4. The summed E-state index contributed by atoms with van der Waals surface area (Å²) in [6, 6.07) is 5.02. The minimum atomic E-state index is 0.0760. The Hall–Kier alpha value is -1.26. The molecule has 0 atom stereocenters. The van der Waals surface area contributed by atoms with Crippen molar-refractivity contribution in [3.63, 3.8) is 0 Å². The Bertz CT molecular complexity index is 310. The van der Waals surface area contributed by atoms with Gasteiger partial charge in [0.25, 0.3) is 0 Å². The molecule has 0 saturated carbocycles. The van der Waals surface area contributed by atoms with E-state index in [0.29, 0.717) is 11.7 Å². The molecular weight excluding hydrogens is 182 g/mol. The van der Waals surface area contributed by atoms with Crippen molar-refractivity contribution in [2.45, 2.75) is 19.8 Å². The van der Waals surface area contributed by atoms with Gasteiger partial charge in [-0.05, 0) is 17.5 Å². The molecule has 4 nitrogen and oxygen atoms in total. The van der Waals surface area contributed by atoms with Crippen LogP contribution in [0.25, 0.3) is 0 Å². The molecule has 0 fully saturated rings. The van der Waals surface area contributed by atoms with Gasteiger partial charge in [-0.25, -0.2) is 0 Å². The molecule has 78 valence electrons. The number of ether oxygens (including phenoxy) is 1. The van der Waals surface area contributed by atoms with E-state index in [9.17, 15) is 0 Å². The summed E-state index contributed by atoms with van der Waals surface area (Å²) in [5, 5.41) is 17.7. The first kappa shape index (κ1) is 10.8. The second-order valence-corrected chi connectivity index (χ2v) is 3.37. The molecular formula is C10H15NO3. The van der Waals surface area contributed by atoms with Crippen LogP contribution >= 0.6 is 0 Å². The highest BCUT2D eigenvalue weighted by atomic mass is 16.8. The van der Waals surface area contributed by atoms with Crippen LogP contribution in [0.2, 0.25) is 0 Å². The monoisotopic (exact) mass is 197 g/mol. The number of nitrogens with zero attached hydrogens (tertiary/aromatic N) is 1. The SMILES string of the molecule is COc1cc(N(O)O)ccc1C(C)C. The van der Waals surface area contributed by atoms with E-state index in [2.05, 4.69) is 0 Å². The minimum Gasteiger partial charge on any atom is -0.496 e. The molecule has 1 rings (SSSR count). The van der Waals surface area contributed by atoms with E-state index in [-0.39, 0.29) is 10.9 Å². The smallest absolute Gasteiger partial charge is 0.124 e. The van der Waals surface area contributed by atoms with E-state index in [0.717, 1.165) is 5.56 Å². The zero-order valence-corrected chi connectivity index (χ0v) is 8.56. The maximum Gasteiger partial charge on any atom is 0.124 e. The lowest BCUT2D eigenvalue weighted by atomic mass is 10.0. The van der Waals surface area contributed by atoms with Crippen molar-refractivity contribution >= 4 is 5.69 Å². The van der Waals surface area contributed by atoms with Crippen molar-refractivity contribution in [2.75, 3.05) is 12.3 Å². The lowest BCUT2D eigenvalue weighted by Crippen LogP contribution is -2.11. The van der Waals surface area contributed by atoms with E-state index >= 15 is 0 Å². The van der Waals surface area contributed by atoms with E-state index in [4.69, 9.17) is 15.2 Å². The van der Waals surface area contributed by atoms with Gasteiger partial charge >= 0.3 is 0 Å². The Morgan fingerprint density at radius 3 is 2.36 bits per heavy atom. The predicted octanol–water partition coefficient (Wildman–Crippen LogP) is 2.40. The summed E-state index contributed by atoms with van der Waals surface area (Å²) in [6.07, 6.45) is 0. The zero-order valence-electron chi connectivity index (χ0n) is 8.56. The third-order valence-electron chi connectivity index (χ3n) is 2.07. The number of methoxy groups -OCH3 is 1. The third kappa shape index (κ3) is 2.16. The number of rotatable bonds is 3. The largest absolute Gasteiger partial charge is 0.496 e. The molecule has 2 N–H and O–H groups in total. The fourth-order valence-corrected chi connectivity index (χ4v) is 1.30. The Morgan fingerprint density at radius 1 is 1.29 bits per heavy atom. The molecule has 0 heterocycles. The summed E-state index contributed by atoms with van der Waals surface area (Å²) < 4.78 is 5.15. The fraction of sp³-hybridized carbons (Fsp3) is 0.400. The van der Waals surface area contributed by atoms with Crippen LogP contribution in [-0.4, -0.2) is 17.5 Å². The molecule has 0 unspecified atom stereocenters. The molecule has 0 aliphatic carbocycles. The molecule has 1 aromatic rings. The standard InChI is InChI=1S/C10H15NO3/c1-7(2)9-5-4-8(11(12)13)6-10(9)14-3/h4-7,12-13H,1-3H3. The lowest BCUT2D eigenvalue weighted by molar-refractivity contribution is 0.0290. The van der Waals surface area contributed by atoms with Crippen molar-refractivity contribution in [3.8, 4) is 5.75 Å². The van der Waals surface area contributed by atoms with Gasteiger partial charge < -0.3 is 4.74 Å². The second kappa shape index (κ2) is 4.30. The summed E-state index contributed by atoms with van der Waals surface area (Å²) in [5.41, 5.74) is 1.32. The van der Waals surface area contributed by atoms with Crippen LogP contribution in [0.15, 0.2) is 18.2 Å². The van der Waals surface area contributed by atoms with E-state index in [1.54, 1.807) is 19.2 Å². The topological polar surface area (TPSA) is 52.9 Å². The van der Waals surface area contributed by atoms with Crippen LogP contribution in [0.5, 0.6) is 5.75 Å². The maximum atomic E-state index is 8.81. The van der Waals surface area contributed by atoms with Gasteiger partial charge in [0.2, 0.25) is 0 Å². The van der Waals surface area contributed by atoms with Gasteiger partial charge in [0.1, 0.15) is 5.75 Å². The predicted molar refractivity (Wildman–Crippen MR) is 53.1 cm³/mol. The van der Waals surface area contributed by atoms with Crippen LogP contribution in [-0.2, 0) is 0 Å². The van der Waals surface area contributed by atoms with Crippen molar-refractivity contribution in [3.05, 3.63) is 23.8 Å². The summed E-state index contributed by atoms with van der Waals surface area (Å²) in [6.45, 7) is 4.10. The molecule has 0 radical (unpaired) electrons. The number of benzene rings is 1. The van der Waals surface area contributed by atoms with Crippen molar-refractivity contribution in [1.82, 2.24) is 0 Å². The van der Waals surface area contributed by atoms with Gasteiger partial charge in [0, 0.05) is 6.07 Å². The normalized spacial score (nSPS) is 10.4. The van der Waals surface area contributed by atoms with Crippen molar-refractivity contribution in [2.24, 2.45) is 0 Å². The summed E-state index contributed by atoms with van der Waals surface area (Å²) in [7, 11) is 1.56. The van der Waals surface area contributed by atoms with Crippen LogP contribution in [0, 0.1) is 0 Å². The van der Waals surface area contributed by atoms with Gasteiger partial charge in [0.05, 0.1) is 12.8 Å². The first-order valence-corrected chi connectivity index (χ1v) is 4.42. The van der Waals surface area contributed by atoms with E-state index < -0.39 is 0 Å². The maximum absolute atomic E-state index is 8.81. The minimum absolute atomic E-state index is 0.0760. The Kier molecular flexibility index (Phi) is 3.33. The highest BCUT2D eigenvalue weighted by Crippen LogP contribution is 2.29. The molecule has 0 aliphatic rings. The van der Waals surface area contributed by atoms with Crippen LogP contribution in [0.3, 0.4) is 0 Å². The molecule has 1 aromatic carbocycles. The number of hydrogen-bond donors (Lipinski definition) is 2. The average Bonchev–Trinajstić information content (AvgIpc) is 2.16. The summed E-state index contributed by atoms with van der Waals surface area (Å²) in [4.78, 5) is 0. The van der Waals surface area contributed by atoms with Gasteiger partial charge in [-0.3, -0.25) is 10.4 Å². The molecule has 0 aliphatic heterocycles. The van der Waals surface area contributed by atoms with Crippen LogP contribution in [0.4, 0.5) is 5.69 Å². The van der Waals surface area contributed by atoms with Crippen molar-refractivity contribution in [1.29, 1.82) is 0 Å².